The zero-order valence-corrected chi connectivity index (χ0v) is 20.9. The number of aryl methyl sites for hydroxylation is 2. The van der Waals surface area contributed by atoms with Crippen molar-refractivity contribution in [3.05, 3.63) is 87.0 Å². The molecule has 7 nitrogen and oxygen atoms in total. The number of tetrazole rings is 1. The molecule has 0 aliphatic heterocycles. The highest BCUT2D eigenvalue weighted by molar-refractivity contribution is 5.83. The Balaban J connectivity index is 1.54. The van der Waals surface area contributed by atoms with Gasteiger partial charge in [-0.2, -0.15) is 0 Å². The van der Waals surface area contributed by atoms with Gasteiger partial charge >= 0.3 is 0 Å². The number of pyridine rings is 1. The average molecular weight is 471 g/mol. The quantitative estimate of drug-likeness (QED) is 0.373. The van der Waals surface area contributed by atoms with Crippen molar-refractivity contribution in [1.82, 2.24) is 30.1 Å². The summed E-state index contributed by atoms with van der Waals surface area (Å²) in [6.45, 7) is 7.56. The minimum atomic E-state index is -0.0363. The van der Waals surface area contributed by atoms with E-state index in [2.05, 4.69) is 87.3 Å². The van der Waals surface area contributed by atoms with Crippen LogP contribution in [-0.2, 0) is 13.1 Å². The Morgan fingerprint density at radius 3 is 2.60 bits per heavy atom. The maximum Gasteiger partial charge on any atom is 0.252 e. The molecule has 0 spiro atoms. The molecule has 0 bridgehead atoms. The second-order valence-corrected chi connectivity index (χ2v) is 9.90. The summed E-state index contributed by atoms with van der Waals surface area (Å²) in [7, 11) is 0. The van der Waals surface area contributed by atoms with Crippen molar-refractivity contribution in [2.24, 2.45) is 0 Å². The number of fused-ring (bicyclic) bond motifs is 1. The smallest absolute Gasteiger partial charge is 0.252 e. The lowest BCUT2D eigenvalue weighted by atomic mass is 10.0. The summed E-state index contributed by atoms with van der Waals surface area (Å²) in [6, 6.07) is 17.1. The average Bonchev–Trinajstić information content (AvgIpc) is 3.53. The molecule has 7 heteroatoms. The molecule has 0 amide bonds. The van der Waals surface area contributed by atoms with E-state index in [0.717, 1.165) is 47.1 Å². The van der Waals surface area contributed by atoms with E-state index < -0.39 is 0 Å². The number of nitrogens with one attached hydrogen (secondary N) is 1. The van der Waals surface area contributed by atoms with Crippen LogP contribution in [0.15, 0.2) is 53.3 Å². The summed E-state index contributed by atoms with van der Waals surface area (Å²) >= 11 is 0. The van der Waals surface area contributed by atoms with Crippen molar-refractivity contribution in [2.45, 2.75) is 78.0 Å². The lowest BCUT2D eigenvalue weighted by Crippen LogP contribution is -2.32. The number of rotatable bonds is 8. The highest BCUT2D eigenvalue weighted by Crippen LogP contribution is 2.33. The van der Waals surface area contributed by atoms with Gasteiger partial charge in [0.15, 0.2) is 5.82 Å². The van der Waals surface area contributed by atoms with Crippen LogP contribution in [0.3, 0.4) is 0 Å². The van der Waals surface area contributed by atoms with Crippen LogP contribution in [0.5, 0.6) is 0 Å². The van der Waals surface area contributed by atoms with Gasteiger partial charge in [0.25, 0.3) is 5.56 Å². The van der Waals surface area contributed by atoms with E-state index in [1.807, 2.05) is 12.1 Å². The molecule has 2 aromatic carbocycles. The first-order chi connectivity index (χ1) is 17.0. The fourth-order valence-electron chi connectivity index (χ4n) is 5.58. The highest BCUT2D eigenvalue weighted by atomic mass is 16.1. The van der Waals surface area contributed by atoms with Crippen molar-refractivity contribution in [3.63, 3.8) is 0 Å². The van der Waals surface area contributed by atoms with E-state index >= 15 is 0 Å². The van der Waals surface area contributed by atoms with Crippen molar-refractivity contribution in [3.8, 4) is 0 Å². The molecule has 2 aromatic heterocycles. The molecule has 1 N–H and O–H groups in total. The molecule has 2 heterocycles. The van der Waals surface area contributed by atoms with Crippen molar-refractivity contribution in [2.75, 3.05) is 0 Å². The molecule has 5 rings (SSSR count). The summed E-state index contributed by atoms with van der Waals surface area (Å²) < 4.78 is 2.05. The lowest BCUT2D eigenvalue weighted by Gasteiger charge is -2.31. The molecular formula is C28H34N6O. The second kappa shape index (κ2) is 10.1. The van der Waals surface area contributed by atoms with Crippen LogP contribution in [0.1, 0.15) is 79.2 Å². The van der Waals surface area contributed by atoms with Gasteiger partial charge < -0.3 is 4.98 Å². The third-order valence-electron chi connectivity index (χ3n) is 7.31. The fourth-order valence-corrected chi connectivity index (χ4v) is 5.58. The Labute approximate surface area is 206 Å². The van der Waals surface area contributed by atoms with E-state index in [0.29, 0.717) is 19.1 Å². The summed E-state index contributed by atoms with van der Waals surface area (Å²) in [6.07, 6.45) is 5.54. The number of hydrogen-bond acceptors (Lipinski definition) is 5. The zero-order chi connectivity index (χ0) is 24.4. The Kier molecular flexibility index (Phi) is 6.77. The van der Waals surface area contributed by atoms with Gasteiger partial charge in [0.2, 0.25) is 0 Å². The van der Waals surface area contributed by atoms with Crippen LogP contribution < -0.4 is 5.56 Å². The SMILES string of the molecule is CC[C@H](c1nnnn1C1CCCC1)N(Cc1ccccc1)Cc1cc2c(C)cc(C)cc2[nH]c1=O. The van der Waals surface area contributed by atoms with Crippen LogP contribution in [0.2, 0.25) is 0 Å². The first-order valence-corrected chi connectivity index (χ1v) is 12.7. The van der Waals surface area contributed by atoms with Crippen LogP contribution in [0, 0.1) is 13.8 Å². The minimum Gasteiger partial charge on any atom is -0.322 e. The van der Waals surface area contributed by atoms with Gasteiger partial charge in [0, 0.05) is 29.6 Å². The molecule has 1 atom stereocenters. The minimum absolute atomic E-state index is 0.0000165. The molecule has 1 saturated carbocycles. The van der Waals surface area contributed by atoms with Crippen molar-refractivity contribution >= 4 is 10.9 Å². The Morgan fingerprint density at radius 2 is 1.86 bits per heavy atom. The van der Waals surface area contributed by atoms with Gasteiger partial charge in [0.1, 0.15) is 0 Å². The molecule has 1 aliphatic carbocycles. The lowest BCUT2D eigenvalue weighted by molar-refractivity contribution is 0.158. The Hall–Kier alpha value is -3.32. The molecule has 35 heavy (non-hydrogen) atoms. The highest BCUT2D eigenvalue weighted by Gasteiger charge is 2.29. The summed E-state index contributed by atoms with van der Waals surface area (Å²) in [5, 5.41) is 14.1. The van der Waals surface area contributed by atoms with Gasteiger partial charge in [-0.1, -0.05) is 56.2 Å². The van der Waals surface area contributed by atoms with Gasteiger partial charge in [-0.05, 0) is 72.4 Å². The fraction of sp³-hybridized carbons (Fsp3) is 0.429. The number of aromatic nitrogens is 5. The predicted molar refractivity (Wildman–Crippen MR) is 138 cm³/mol. The molecule has 182 valence electrons. The maximum absolute atomic E-state index is 13.2. The molecular weight excluding hydrogens is 436 g/mol. The Morgan fingerprint density at radius 1 is 1.09 bits per heavy atom. The second-order valence-electron chi connectivity index (χ2n) is 9.90. The maximum atomic E-state index is 13.2. The number of H-pyrrole nitrogens is 1. The van der Waals surface area contributed by atoms with Crippen LogP contribution in [0.25, 0.3) is 10.9 Å². The number of hydrogen-bond donors (Lipinski definition) is 1. The van der Waals surface area contributed by atoms with Gasteiger partial charge in [-0.15, -0.1) is 5.10 Å². The zero-order valence-electron chi connectivity index (χ0n) is 20.9. The van der Waals surface area contributed by atoms with E-state index in [9.17, 15) is 4.79 Å². The van der Waals surface area contributed by atoms with Crippen molar-refractivity contribution in [1.29, 1.82) is 0 Å². The third-order valence-corrected chi connectivity index (χ3v) is 7.31. The molecule has 1 fully saturated rings. The van der Waals surface area contributed by atoms with Gasteiger partial charge in [0.05, 0.1) is 12.1 Å². The summed E-state index contributed by atoms with van der Waals surface area (Å²) in [4.78, 5) is 18.7. The first-order valence-electron chi connectivity index (χ1n) is 12.7. The van der Waals surface area contributed by atoms with Crippen LogP contribution >= 0.6 is 0 Å². The van der Waals surface area contributed by atoms with E-state index in [1.54, 1.807) is 0 Å². The number of nitrogens with zero attached hydrogens (tertiary/aromatic N) is 5. The molecule has 0 saturated heterocycles. The largest absolute Gasteiger partial charge is 0.322 e. The van der Waals surface area contributed by atoms with E-state index in [-0.39, 0.29) is 11.6 Å². The first kappa shape index (κ1) is 23.4. The monoisotopic (exact) mass is 470 g/mol. The van der Waals surface area contributed by atoms with E-state index in [4.69, 9.17) is 0 Å². The van der Waals surface area contributed by atoms with Gasteiger partial charge in [-0.3, -0.25) is 9.69 Å². The van der Waals surface area contributed by atoms with Crippen molar-refractivity contribution < 1.29 is 0 Å². The normalized spacial score (nSPS) is 15.3. The molecule has 4 aromatic rings. The standard InChI is InChI=1S/C28H34N6O/c1-4-26(27-30-31-32-34(27)23-12-8-9-13-23)33(17-21-10-6-5-7-11-21)18-22-16-24-20(3)14-19(2)15-25(24)29-28(22)35/h5-7,10-11,14-16,23,26H,4,8-9,12-13,17-18H2,1-3H3,(H,29,35)/t26-/m1/s1. The number of aromatic amines is 1. The van der Waals surface area contributed by atoms with E-state index in [1.165, 1.54) is 24.0 Å². The topological polar surface area (TPSA) is 79.7 Å². The third kappa shape index (κ3) is 4.91. The summed E-state index contributed by atoms with van der Waals surface area (Å²) in [5.41, 5.74) is 5.14. The number of benzene rings is 2. The van der Waals surface area contributed by atoms with Crippen LogP contribution in [-0.4, -0.2) is 30.1 Å². The van der Waals surface area contributed by atoms with Crippen LogP contribution in [0.4, 0.5) is 0 Å². The predicted octanol–water partition coefficient (Wildman–Crippen LogP) is 5.40. The summed E-state index contributed by atoms with van der Waals surface area (Å²) in [5.74, 6) is 0.902. The molecule has 0 unspecified atom stereocenters. The van der Waals surface area contributed by atoms with Gasteiger partial charge in [-0.25, -0.2) is 4.68 Å². The molecule has 0 radical (unpaired) electrons. The molecule has 1 aliphatic rings. The Bertz CT molecular complexity index is 1350.